The largest absolute Gasteiger partial charge is 1.00 e. The molecule has 0 aliphatic rings. The van der Waals surface area contributed by atoms with E-state index in [0.29, 0.717) is 0 Å². The molecule has 0 amide bonds. The van der Waals surface area contributed by atoms with Gasteiger partial charge in [0, 0.05) is 5.92 Å². The molecule has 1 unspecified atom stereocenters. The predicted octanol–water partition coefficient (Wildman–Crippen LogP) is 3.81. The fourth-order valence-corrected chi connectivity index (χ4v) is 4.06. The lowest BCUT2D eigenvalue weighted by atomic mass is 9.94. The normalized spacial score (nSPS) is 12.3. The van der Waals surface area contributed by atoms with Crippen LogP contribution in [-0.2, 0) is 0 Å². The van der Waals surface area contributed by atoms with Crippen LogP contribution in [0.2, 0.25) is 0 Å². The highest BCUT2D eigenvalue weighted by atomic mass is 79.9. The van der Waals surface area contributed by atoms with Crippen molar-refractivity contribution >= 4 is 0 Å². The SMILES string of the molecule is CCCCCCCCCCCCCCC(CCCCCC)C[NH+](C)C.[Br-]. The van der Waals surface area contributed by atoms with Crippen molar-refractivity contribution in [2.24, 2.45) is 5.92 Å². The molecule has 0 fully saturated rings. The first-order valence-corrected chi connectivity index (χ1v) is 12.0. The van der Waals surface area contributed by atoms with Crippen LogP contribution in [-0.4, -0.2) is 20.6 Å². The van der Waals surface area contributed by atoms with Crippen molar-refractivity contribution in [2.45, 2.75) is 129 Å². The van der Waals surface area contributed by atoms with Gasteiger partial charge in [-0.3, -0.25) is 0 Å². The molecule has 0 heterocycles. The molecule has 0 aromatic carbocycles. The fraction of sp³-hybridized carbons (Fsp3) is 1.00. The fourth-order valence-electron chi connectivity index (χ4n) is 4.06. The average molecular weight is 435 g/mol. The van der Waals surface area contributed by atoms with Gasteiger partial charge in [-0.25, -0.2) is 0 Å². The van der Waals surface area contributed by atoms with E-state index in [2.05, 4.69) is 27.9 Å². The summed E-state index contributed by atoms with van der Waals surface area (Å²) >= 11 is 0. The third-order valence-electron chi connectivity index (χ3n) is 5.63. The zero-order chi connectivity index (χ0) is 18.6. The molecule has 1 nitrogen and oxygen atoms in total. The highest BCUT2D eigenvalue weighted by Crippen LogP contribution is 2.18. The van der Waals surface area contributed by atoms with Gasteiger partial charge in [-0.15, -0.1) is 0 Å². The van der Waals surface area contributed by atoms with Crippen LogP contribution in [0.3, 0.4) is 0 Å². The molecule has 0 saturated carbocycles. The molecule has 2 heteroatoms. The Kier molecular flexibility index (Phi) is 25.9. The van der Waals surface area contributed by atoms with Crippen LogP contribution in [0.25, 0.3) is 0 Å². The monoisotopic (exact) mass is 433 g/mol. The van der Waals surface area contributed by atoms with E-state index in [9.17, 15) is 0 Å². The number of quaternary nitrogens is 1. The van der Waals surface area contributed by atoms with E-state index in [-0.39, 0.29) is 17.0 Å². The minimum Gasteiger partial charge on any atom is -1.00 e. The summed E-state index contributed by atoms with van der Waals surface area (Å²) in [6.07, 6.45) is 26.2. The quantitative estimate of drug-likeness (QED) is 0.278. The molecule has 1 N–H and O–H groups in total. The van der Waals surface area contributed by atoms with E-state index < -0.39 is 0 Å². The van der Waals surface area contributed by atoms with Crippen molar-refractivity contribution in [1.29, 1.82) is 0 Å². The Hall–Kier alpha value is 0.440. The molecule has 0 radical (unpaired) electrons. The molecule has 0 spiro atoms. The molecule has 0 aliphatic heterocycles. The van der Waals surface area contributed by atoms with Gasteiger partial charge in [-0.2, -0.15) is 0 Å². The molecule has 160 valence electrons. The van der Waals surface area contributed by atoms with Crippen molar-refractivity contribution < 1.29 is 21.9 Å². The summed E-state index contributed by atoms with van der Waals surface area (Å²) in [5.74, 6) is 0.977. The minimum absolute atomic E-state index is 0. The summed E-state index contributed by atoms with van der Waals surface area (Å²) in [4.78, 5) is 1.64. The van der Waals surface area contributed by atoms with E-state index in [1.54, 1.807) is 4.90 Å². The van der Waals surface area contributed by atoms with E-state index in [0.717, 1.165) is 5.92 Å². The maximum Gasteiger partial charge on any atom is 0.0795 e. The Morgan fingerprint density at radius 2 is 0.808 bits per heavy atom. The van der Waals surface area contributed by atoms with Gasteiger partial charge >= 0.3 is 0 Å². The summed E-state index contributed by atoms with van der Waals surface area (Å²) in [6, 6.07) is 0. The summed E-state index contributed by atoms with van der Waals surface area (Å²) < 4.78 is 0. The standard InChI is InChI=1S/C24H51N.BrH/c1-5-7-9-11-12-13-14-15-16-17-18-20-22-24(23-25(3)4)21-19-10-8-6-2;/h24H,5-23H2,1-4H3;1H. The number of rotatable bonds is 20. The van der Waals surface area contributed by atoms with Gasteiger partial charge < -0.3 is 21.9 Å². The van der Waals surface area contributed by atoms with Crippen LogP contribution < -0.4 is 21.9 Å². The number of nitrogens with one attached hydrogen (secondary N) is 1. The summed E-state index contributed by atoms with van der Waals surface area (Å²) in [6.45, 7) is 5.99. The van der Waals surface area contributed by atoms with Crippen molar-refractivity contribution in [1.82, 2.24) is 0 Å². The smallest absolute Gasteiger partial charge is 0.0795 e. The van der Waals surface area contributed by atoms with Gasteiger partial charge in [0.15, 0.2) is 0 Å². The zero-order valence-corrected chi connectivity index (χ0v) is 20.5. The second-order valence-electron chi connectivity index (χ2n) is 8.80. The van der Waals surface area contributed by atoms with Crippen LogP contribution in [0.1, 0.15) is 129 Å². The van der Waals surface area contributed by atoms with Crippen molar-refractivity contribution in [3.8, 4) is 0 Å². The molecule has 26 heavy (non-hydrogen) atoms. The molecular weight excluding hydrogens is 382 g/mol. The minimum atomic E-state index is 0. The summed E-state index contributed by atoms with van der Waals surface area (Å²) in [5, 5.41) is 0. The Morgan fingerprint density at radius 3 is 1.15 bits per heavy atom. The van der Waals surface area contributed by atoms with E-state index in [1.807, 2.05) is 0 Å². The van der Waals surface area contributed by atoms with Crippen LogP contribution in [0.5, 0.6) is 0 Å². The van der Waals surface area contributed by atoms with Crippen LogP contribution in [0.4, 0.5) is 0 Å². The van der Waals surface area contributed by atoms with Crippen molar-refractivity contribution in [3.05, 3.63) is 0 Å². The molecule has 0 aromatic rings. The molecule has 0 rings (SSSR count). The maximum absolute atomic E-state index is 2.32. The van der Waals surface area contributed by atoms with Gasteiger partial charge in [0.05, 0.1) is 20.6 Å². The molecule has 0 bridgehead atoms. The highest BCUT2D eigenvalue weighted by molar-refractivity contribution is 4.59. The van der Waals surface area contributed by atoms with Gasteiger partial charge in [0.2, 0.25) is 0 Å². The first-order chi connectivity index (χ1) is 12.2. The number of hydrogen-bond donors (Lipinski definition) is 1. The lowest BCUT2D eigenvalue weighted by Gasteiger charge is -2.19. The van der Waals surface area contributed by atoms with Crippen molar-refractivity contribution in [2.75, 3.05) is 20.6 Å². The van der Waals surface area contributed by atoms with Crippen LogP contribution in [0, 0.1) is 5.92 Å². The predicted molar refractivity (Wildman–Crippen MR) is 116 cm³/mol. The van der Waals surface area contributed by atoms with Gasteiger partial charge in [-0.05, 0) is 12.8 Å². The first kappa shape index (κ1) is 28.6. The van der Waals surface area contributed by atoms with Crippen molar-refractivity contribution in [3.63, 3.8) is 0 Å². The first-order valence-electron chi connectivity index (χ1n) is 12.0. The van der Waals surface area contributed by atoms with Crippen LogP contribution >= 0.6 is 0 Å². The maximum atomic E-state index is 2.32. The van der Waals surface area contributed by atoms with E-state index in [1.165, 1.54) is 122 Å². The van der Waals surface area contributed by atoms with Gasteiger partial charge in [-0.1, -0.05) is 117 Å². The molecule has 0 aromatic heterocycles. The molecule has 1 atom stereocenters. The molecular formula is C24H52BrN. The Bertz CT molecular complexity index is 242. The Labute approximate surface area is 177 Å². The zero-order valence-electron chi connectivity index (χ0n) is 18.9. The second kappa shape index (κ2) is 23.5. The van der Waals surface area contributed by atoms with Gasteiger partial charge in [0.25, 0.3) is 0 Å². The van der Waals surface area contributed by atoms with Crippen LogP contribution in [0.15, 0.2) is 0 Å². The topological polar surface area (TPSA) is 4.44 Å². The Morgan fingerprint density at radius 1 is 0.500 bits per heavy atom. The third-order valence-corrected chi connectivity index (χ3v) is 5.63. The number of unbranched alkanes of at least 4 members (excludes halogenated alkanes) is 14. The van der Waals surface area contributed by atoms with E-state index in [4.69, 9.17) is 0 Å². The number of hydrogen-bond acceptors (Lipinski definition) is 0. The lowest BCUT2D eigenvalue weighted by Crippen LogP contribution is -3.06. The van der Waals surface area contributed by atoms with E-state index >= 15 is 0 Å². The lowest BCUT2D eigenvalue weighted by molar-refractivity contribution is -0.862. The third kappa shape index (κ3) is 22.5. The summed E-state index contributed by atoms with van der Waals surface area (Å²) in [5.41, 5.74) is 0. The molecule has 0 saturated heterocycles. The number of halogens is 1. The Balaban J connectivity index is 0. The molecule has 0 aliphatic carbocycles. The summed E-state index contributed by atoms with van der Waals surface area (Å²) in [7, 11) is 4.64. The average Bonchev–Trinajstić information content (AvgIpc) is 2.59. The highest BCUT2D eigenvalue weighted by Gasteiger charge is 2.11. The second-order valence-corrected chi connectivity index (χ2v) is 8.80. The van der Waals surface area contributed by atoms with Gasteiger partial charge in [0.1, 0.15) is 0 Å².